The van der Waals surface area contributed by atoms with E-state index in [2.05, 4.69) is 44.5 Å². The Morgan fingerprint density at radius 3 is 2.74 bits per heavy atom. The second-order valence-electron chi connectivity index (χ2n) is 4.79. The number of nitrogens with zero attached hydrogens (tertiary/aromatic N) is 4. The van der Waals surface area contributed by atoms with Crippen LogP contribution in [0.15, 0.2) is 0 Å². The molecule has 0 spiro atoms. The molecule has 0 aromatic carbocycles. The molecule has 2 rings (SSSR count). The van der Waals surface area contributed by atoms with Crippen LogP contribution in [-0.4, -0.2) is 59.7 Å². The van der Waals surface area contributed by atoms with Crippen molar-refractivity contribution < 1.29 is 4.74 Å². The van der Waals surface area contributed by atoms with Gasteiger partial charge in [0.05, 0.1) is 7.11 Å². The van der Waals surface area contributed by atoms with Crippen molar-refractivity contribution >= 4 is 11.9 Å². The van der Waals surface area contributed by atoms with Crippen molar-refractivity contribution in [3.05, 3.63) is 0 Å². The maximum Gasteiger partial charge on any atom is 0.322 e. The highest BCUT2D eigenvalue weighted by Crippen LogP contribution is 2.15. The zero-order valence-corrected chi connectivity index (χ0v) is 11.8. The van der Waals surface area contributed by atoms with E-state index in [1.165, 1.54) is 0 Å². The summed E-state index contributed by atoms with van der Waals surface area (Å²) in [6.45, 7) is 5.03. The molecule has 106 valence electrons. The second kappa shape index (κ2) is 6.51. The molecule has 7 heteroatoms. The largest absolute Gasteiger partial charge is 0.467 e. The lowest BCUT2D eigenvalue weighted by molar-refractivity contribution is 0.379. The van der Waals surface area contributed by atoms with Gasteiger partial charge in [-0.1, -0.05) is 6.92 Å². The van der Waals surface area contributed by atoms with Crippen molar-refractivity contribution in [2.75, 3.05) is 44.4 Å². The summed E-state index contributed by atoms with van der Waals surface area (Å²) in [7, 11) is 3.68. The highest BCUT2D eigenvalue weighted by molar-refractivity contribution is 5.36. The molecule has 1 aliphatic heterocycles. The van der Waals surface area contributed by atoms with Crippen molar-refractivity contribution in [3.8, 4) is 6.01 Å². The van der Waals surface area contributed by atoms with Crippen LogP contribution in [0.3, 0.4) is 0 Å². The molecule has 0 saturated carbocycles. The number of methoxy groups -OCH3 is 1. The Morgan fingerprint density at radius 1 is 1.32 bits per heavy atom. The molecule has 0 aliphatic carbocycles. The number of hydrogen-bond donors (Lipinski definition) is 2. The summed E-state index contributed by atoms with van der Waals surface area (Å²) in [4.78, 5) is 15.1. The molecule has 0 radical (unpaired) electrons. The first-order valence-electron chi connectivity index (χ1n) is 6.70. The fourth-order valence-electron chi connectivity index (χ4n) is 2.06. The minimum absolute atomic E-state index is 0.336. The molecular formula is C12H22N6O. The van der Waals surface area contributed by atoms with Gasteiger partial charge < -0.3 is 20.3 Å². The Bertz CT molecular complexity index is 413. The quantitative estimate of drug-likeness (QED) is 0.789. The van der Waals surface area contributed by atoms with Crippen molar-refractivity contribution in [3.63, 3.8) is 0 Å². The molecule has 1 saturated heterocycles. The summed E-state index contributed by atoms with van der Waals surface area (Å²) in [6, 6.07) is 0.721. The minimum Gasteiger partial charge on any atom is -0.467 e. The summed E-state index contributed by atoms with van der Waals surface area (Å²) in [5, 5.41) is 6.49. The zero-order chi connectivity index (χ0) is 13.7. The number of hydrogen-bond acceptors (Lipinski definition) is 7. The lowest BCUT2D eigenvalue weighted by Crippen LogP contribution is -2.25. The van der Waals surface area contributed by atoms with Gasteiger partial charge in [-0.15, -0.1) is 0 Å². The van der Waals surface area contributed by atoms with Crippen LogP contribution in [0, 0.1) is 0 Å². The predicted octanol–water partition coefficient (Wildman–Crippen LogP) is 0.818. The maximum absolute atomic E-state index is 5.11. The van der Waals surface area contributed by atoms with E-state index in [1.54, 1.807) is 7.11 Å². The van der Waals surface area contributed by atoms with Crippen LogP contribution in [0.25, 0.3) is 0 Å². The van der Waals surface area contributed by atoms with Crippen LogP contribution in [0.2, 0.25) is 0 Å². The molecule has 1 aromatic rings. The van der Waals surface area contributed by atoms with Gasteiger partial charge in [0.15, 0.2) is 0 Å². The molecule has 1 aliphatic rings. The van der Waals surface area contributed by atoms with Crippen LogP contribution < -0.4 is 15.4 Å². The average molecular weight is 266 g/mol. The van der Waals surface area contributed by atoms with Gasteiger partial charge in [0.2, 0.25) is 11.9 Å². The number of aromatic nitrogens is 3. The summed E-state index contributed by atoms with van der Waals surface area (Å²) in [5.41, 5.74) is 0. The Balaban J connectivity index is 2.05. The Kier molecular flexibility index (Phi) is 4.73. The molecule has 2 N–H and O–H groups in total. The fourth-order valence-corrected chi connectivity index (χ4v) is 2.06. The molecule has 7 nitrogen and oxygen atoms in total. The van der Waals surface area contributed by atoms with Crippen LogP contribution in [0.5, 0.6) is 6.01 Å². The van der Waals surface area contributed by atoms with E-state index in [0.29, 0.717) is 23.9 Å². The maximum atomic E-state index is 5.11. The molecule has 2 heterocycles. The standard InChI is InChI=1S/C12H22N6O/c1-4-6-13-10-15-11(17-12(16-10)19-3)14-9-5-7-18(2)8-9/h9H,4-8H2,1-3H3,(H2,13,14,15,16,17). The fraction of sp³-hybridized carbons (Fsp3) is 0.750. The van der Waals surface area contributed by atoms with Crippen LogP contribution in [0.1, 0.15) is 19.8 Å². The minimum atomic E-state index is 0.336. The van der Waals surface area contributed by atoms with Crippen molar-refractivity contribution in [2.45, 2.75) is 25.8 Å². The van der Waals surface area contributed by atoms with Gasteiger partial charge >= 0.3 is 6.01 Å². The molecule has 0 bridgehead atoms. The summed E-state index contributed by atoms with van der Waals surface area (Å²) >= 11 is 0. The zero-order valence-electron chi connectivity index (χ0n) is 11.8. The molecule has 1 atom stereocenters. The number of rotatable bonds is 6. The number of nitrogens with one attached hydrogen (secondary N) is 2. The lowest BCUT2D eigenvalue weighted by Gasteiger charge is -2.14. The van der Waals surface area contributed by atoms with E-state index >= 15 is 0 Å². The summed E-state index contributed by atoms with van der Waals surface area (Å²) in [5.74, 6) is 1.13. The first-order valence-corrected chi connectivity index (χ1v) is 6.70. The normalized spacial score (nSPS) is 19.4. The SMILES string of the molecule is CCCNc1nc(NC2CCN(C)C2)nc(OC)n1. The van der Waals surface area contributed by atoms with Gasteiger partial charge in [0, 0.05) is 19.1 Å². The Hall–Kier alpha value is -1.63. The molecular weight excluding hydrogens is 244 g/mol. The van der Waals surface area contributed by atoms with Crippen molar-refractivity contribution in [2.24, 2.45) is 0 Å². The van der Waals surface area contributed by atoms with Crippen molar-refractivity contribution in [1.82, 2.24) is 19.9 Å². The first-order chi connectivity index (χ1) is 9.21. The molecule has 1 fully saturated rings. The predicted molar refractivity (Wildman–Crippen MR) is 74.7 cm³/mol. The van der Waals surface area contributed by atoms with Crippen LogP contribution in [0.4, 0.5) is 11.9 Å². The van der Waals surface area contributed by atoms with E-state index < -0.39 is 0 Å². The highest BCUT2D eigenvalue weighted by atomic mass is 16.5. The van der Waals surface area contributed by atoms with E-state index in [9.17, 15) is 0 Å². The Labute approximate surface area is 113 Å². The first kappa shape index (κ1) is 13.8. The van der Waals surface area contributed by atoms with Crippen molar-refractivity contribution in [1.29, 1.82) is 0 Å². The third kappa shape index (κ3) is 3.92. The van der Waals surface area contributed by atoms with E-state index in [1.807, 2.05) is 0 Å². The van der Waals surface area contributed by atoms with Gasteiger partial charge in [0.1, 0.15) is 0 Å². The number of likely N-dealkylation sites (tertiary alicyclic amines) is 1. The number of ether oxygens (including phenoxy) is 1. The van der Waals surface area contributed by atoms with Crippen LogP contribution >= 0.6 is 0 Å². The summed E-state index contributed by atoms with van der Waals surface area (Å²) < 4.78 is 5.11. The van der Waals surface area contributed by atoms with E-state index in [4.69, 9.17) is 4.74 Å². The van der Waals surface area contributed by atoms with Gasteiger partial charge in [-0.25, -0.2) is 0 Å². The monoisotopic (exact) mass is 266 g/mol. The van der Waals surface area contributed by atoms with Gasteiger partial charge in [-0.3, -0.25) is 0 Å². The van der Waals surface area contributed by atoms with Gasteiger partial charge in [-0.05, 0) is 26.4 Å². The highest BCUT2D eigenvalue weighted by Gasteiger charge is 2.20. The number of likely N-dealkylation sites (N-methyl/N-ethyl adjacent to an activating group) is 1. The molecule has 1 aromatic heterocycles. The number of anilines is 2. The average Bonchev–Trinajstić information content (AvgIpc) is 2.81. The van der Waals surface area contributed by atoms with Crippen LogP contribution in [-0.2, 0) is 0 Å². The summed E-state index contributed by atoms with van der Waals surface area (Å²) in [6.07, 6.45) is 2.12. The topological polar surface area (TPSA) is 75.2 Å². The lowest BCUT2D eigenvalue weighted by atomic mass is 10.3. The second-order valence-corrected chi connectivity index (χ2v) is 4.79. The third-order valence-electron chi connectivity index (χ3n) is 3.06. The third-order valence-corrected chi connectivity index (χ3v) is 3.06. The molecule has 19 heavy (non-hydrogen) atoms. The molecule has 1 unspecified atom stereocenters. The van der Waals surface area contributed by atoms with E-state index in [-0.39, 0.29) is 0 Å². The van der Waals surface area contributed by atoms with Gasteiger partial charge in [0.25, 0.3) is 0 Å². The van der Waals surface area contributed by atoms with Gasteiger partial charge in [-0.2, -0.15) is 15.0 Å². The van der Waals surface area contributed by atoms with E-state index in [0.717, 1.165) is 32.5 Å². The Morgan fingerprint density at radius 2 is 2.11 bits per heavy atom. The smallest absolute Gasteiger partial charge is 0.322 e. The molecule has 0 amide bonds.